The molecule has 0 spiro atoms. The molecule has 98 valence electrons. The number of rotatable bonds is 3. The van der Waals surface area contributed by atoms with Gasteiger partial charge in [0.15, 0.2) is 0 Å². The number of nitrogens with one attached hydrogen (secondary N) is 1. The topological polar surface area (TPSA) is 71.3 Å². The van der Waals surface area contributed by atoms with Gasteiger partial charge in [-0.2, -0.15) is 0 Å². The fraction of sp³-hybridized carbons (Fsp3) is 0.545. The summed E-state index contributed by atoms with van der Waals surface area (Å²) in [6, 6.07) is 1.76. The van der Waals surface area contributed by atoms with Gasteiger partial charge in [0.25, 0.3) is 5.69 Å². The van der Waals surface area contributed by atoms with Crippen molar-refractivity contribution in [2.45, 2.75) is 18.9 Å². The van der Waals surface area contributed by atoms with Crippen molar-refractivity contribution in [2.24, 2.45) is 0 Å². The number of pyridine rings is 1. The largest absolute Gasteiger partial charge is 0.354 e. The highest BCUT2D eigenvalue weighted by atomic mass is 35.5. The van der Waals surface area contributed by atoms with Crippen LogP contribution < -0.4 is 10.2 Å². The quantitative estimate of drug-likeness (QED) is 0.670. The number of halogens is 1. The van der Waals surface area contributed by atoms with Gasteiger partial charge in [-0.3, -0.25) is 10.1 Å². The van der Waals surface area contributed by atoms with Crippen LogP contribution in [-0.2, 0) is 0 Å². The van der Waals surface area contributed by atoms with Gasteiger partial charge in [-0.25, -0.2) is 4.98 Å². The highest BCUT2D eigenvalue weighted by Gasteiger charge is 2.22. The third-order valence-electron chi connectivity index (χ3n) is 3.15. The average Bonchev–Trinajstić information content (AvgIpc) is 2.38. The summed E-state index contributed by atoms with van der Waals surface area (Å²) in [4.78, 5) is 16.3. The Kier molecular flexibility index (Phi) is 3.98. The maximum absolute atomic E-state index is 10.6. The van der Waals surface area contributed by atoms with E-state index < -0.39 is 4.92 Å². The lowest BCUT2D eigenvalue weighted by molar-refractivity contribution is -0.385. The Bertz CT molecular complexity index is 455. The Labute approximate surface area is 110 Å². The first-order valence-corrected chi connectivity index (χ1v) is 6.21. The predicted octanol–water partition coefficient (Wildman–Crippen LogP) is 1.83. The van der Waals surface area contributed by atoms with Gasteiger partial charge < -0.3 is 10.2 Å². The van der Waals surface area contributed by atoms with E-state index in [4.69, 9.17) is 11.6 Å². The van der Waals surface area contributed by atoms with Crippen LogP contribution in [-0.4, -0.2) is 36.1 Å². The Morgan fingerprint density at radius 2 is 2.44 bits per heavy atom. The molecule has 0 aromatic carbocycles. The third-order valence-corrected chi connectivity index (χ3v) is 3.43. The van der Waals surface area contributed by atoms with E-state index in [2.05, 4.69) is 15.2 Å². The van der Waals surface area contributed by atoms with E-state index >= 15 is 0 Å². The van der Waals surface area contributed by atoms with E-state index in [1.807, 2.05) is 7.05 Å². The number of piperidine rings is 1. The summed E-state index contributed by atoms with van der Waals surface area (Å²) < 4.78 is 0. The van der Waals surface area contributed by atoms with Crippen molar-refractivity contribution in [3.63, 3.8) is 0 Å². The molecule has 1 unspecified atom stereocenters. The Morgan fingerprint density at radius 1 is 1.67 bits per heavy atom. The first-order valence-electron chi connectivity index (χ1n) is 5.84. The molecule has 0 saturated carbocycles. The van der Waals surface area contributed by atoms with E-state index in [1.165, 1.54) is 12.3 Å². The van der Waals surface area contributed by atoms with Crippen molar-refractivity contribution in [3.8, 4) is 0 Å². The molecule has 1 aliphatic rings. The lowest BCUT2D eigenvalue weighted by Gasteiger charge is -2.33. The summed E-state index contributed by atoms with van der Waals surface area (Å²) in [5, 5.41) is 14.2. The fourth-order valence-electron chi connectivity index (χ4n) is 2.16. The number of anilines is 1. The Morgan fingerprint density at radius 3 is 3.06 bits per heavy atom. The molecule has 1 N–H and O–H groups in total. The monoisotopic (exact) mass is 270 g/mol. The molecule has 0 bridgehead atoms. The summed E-state index contributed by atoms with van der Waals surface area (Å²) in [5.41, 5.74) is -0.0778. The van der Waals surface area contributed by atoms with Crippen LogP contribution in [0.4, 0.5) is 11.5 Å². The molecule has 0 aliphatic carbocycles. The molecule has 0 radical (unpaired) electrons. The zero-order valence-corrected chi connectivity index (χ0v) is 10.9. The van der Waals surface area contributed by atoms with E-state index in [9.17, 15) is 10.1 Å². The zero-order chi connectivity index (χ0) is 13.1. The number of likely N-dealkylation sites (N-methyl/N-ethyl adjacent to an activating group) is 1. The van der Waals surface area contributed by atoms with Gasteiger partial charge in [0.2, 0.25) is 0 Å². The summed E-state index contributed by atoms with van der Waals surface area (Å²) in [6.07, 6.45) is 3.43. The number of nitrogens with zero attached hydrogens (tertiary/aromatic N) is 3. The highest BCUT2D eigenvalue weighted by molar-refractivity contribution is 6.33. The van der Waals surface area contributed by atoms with Gasteiger partial charge in [0.1, 0.15) is 12.0 Å². The van der Waals surface area contributed by atoms with Crippen molar-refractivity contribution < 1.29 is 4.92 Å². The molecule has 2 heterocycles. The van der Waals surface area contributed by atoms with Crippen molar-refractivity contribution in [1.29, 1.82) is 0 Å². The molecular weight excluding hydrogens is 256 g/mol. The van der Waals surface area contributed by atoms with Crippen molar-refractivity contribution in [1.82, 2.24) is 10.3 Å². The number of aromatic nitrogens is 1. The zero-order valence-electron chi connectivity index (χ0n) is 10.1. The minimum absolute atomic E-state index is 0.0778. The standard InChI is InChI=1S/C11H15ClN4O2/c1-13-8-3-2-4-15(7-8)11-10(12)5-9(6-14-11)16(17)18/h5-6,8,13H,2-4,7H2,1H3. The molecule has 1 fully saturated rings. The summed E-state index contributed by atoms with van der Waals surface area (Å²) in [6.45, 7) is 1.70. The van der Waals surface area contributed by atoms with Crippen LogP contribution in [0.25, 0.3) is 0 Å². The SMILES string of the molecule is CNC1CCCN(c2ncc([N+](=O)[O-])cc2Cl)C1. The molecule has 18 heavy (non-hydrogen) atoms. The first-order chi connectivity index (χ1) is 8.61. The maximum Gasteiger partial charge on any atom is 0.289 e. The molecule has 1 aliphatic heterocycles. The highest BCUT2D eigenvalue weighted by Crippen LogP contribution is 2.28. The third kappa shape index (κ3) is 2.70. The lowest BCUT2D eigenvalue weighted by Crippen LogP contribution is -2.44. The second-order valence-electron chi connectivity index (χ2n) is 4.33. The molecule has 7 heteroatoms. The van der Waals surface area contributed by atoms with Crippen molar-refractivity contribution in [3.05, 3.63) is 27.4 Å². The van der Waals surface area contributed by atoms with Crippen LogP contribution in [0.5, 0.6) is 0 Å². The van der Waals surface area contributed by atoms with Crippen molar-refractivity contribution >= 4 is 23.1 Å². The van der Waals surface area contributed by atoms with Gasteiger partial charge in [-0.15, -0.1) is 0 Å². The number of hydrogen-bond donors (Lipinski definition) is 1. The van der Waals surface area contributed by atoms with Crippen molar-refractivity contribution in [2.75, 3.05) is 25.0 Å². The smallest absolute Gasteiger partial charge is 0.289 e. The van der Waals surface area contributed by atoms with Gasteiger partial charge in [-0.1, -0.05) is 11.6 Å². The van der Waals surface area contributed by atoms with E-state index in [0.29, 0.717) is 16.9 Å². The van der Waals surface area contributed by atoms with E-state index in [1.54, 1.807) is 0 Å². The lowest BCUT2D eigenvalue weighted by atomic mass is 10.1. The molecule has 2 rings (SSSR count). The van der Waals surface area contributed by atoms with Gasteiger partial charge in [-0.05, 0) is 19.9 Å². The van der Waals surface area contributed by atoms with Gasteiger partial charge >= 0.3 is 0 Å². The van der Waals surface area contributed by atoms with E-state index in [0.717, 1.165) is 25.9 Å². The van der Waals surface area contributed by atoms with Crippen LogP contribution >= 0.6 is 11.6 Å². The predicted molar refractivity (Wildman–Crippen MR) is 70.2 cm³/mol. The molecule has 1 aromatic rings. The molecule has 1 aromatic heterocycles. The summed E-state index contributed by atoms with van der Waals surface area (Å²) in [5.74, 6) is 0.627. The van der Waals surface area contributed by atoms with Crippen LogP contribution in [0, 0.1) is 10.1 Å². The molecular formula is C11H15ClN4O2. The van der Waals surface area contributed by atoms with Crippen LogP contribution in [0.3, 0.4) is 0 Å². The van der Waals surface area contributed by atoms with Gasteiger partial charge in [0.05, 0.1) is 9.95 Å². The molecule has 1 saturated heterocycles. The van der Waals surface area contributed by atoms with Crippen LogP contribution in [0.2, 0.25) is 5.02 Å². The van der Waals surface area contributed by atoms with E-state index in [-0.39, 0.29) is 5.69 Å². The van der Waals surface area contributed by atoms with Crippen LogP contribution in [0.1, 0.15) is 12.8 Å². The summed E-state index contributed by atoms with van der Waals surface area (Å²) >= 11 is 6.07. The minimum Gasteiger partial charge on any atom is -0.354 e. The Balaban J connectivity index is 2.20. The summed E-state index contributed by atoms with van der Waals surface area (Å²) in [7, 11) is 1.93. The molecule has 0 amide bonds. The Hall–Kier alpha value is -1.40. The maximum atomic E-state index is 10.6. The fourth-order valence-corrected chi connectivity index (χ4v) is 2.44. The second-order valence-corrected chi connectivity index (χ2v) is 4.74. The normalized spacial score (nSPS) is 19.9. The minimum atomic E-state index is -0.491. The van der Waals surface area contributed by atoms with Gasteiger partial charge in [0, 0.05) is 25.2 Å². The number of hydrogen-bond acceptors (Lipinski definition) is 5. The second kappa shape index (κ2) is 5.49. The molecule has 6 nitrogen and oxygen atoms in total. The number of nitro groups is 1. The van der Waals surface area contributed by atoms with Crippen LogP contribution in [0.15, 0.2) is 12.3 Å². The first kappa shape index (κ1) is 13.0. The average molecular weight is 271 g/mol. The molecule has 1 atom stereocenters.